The Balaban J connectivity index is 1.15. The normalized spacial score (nSPS) is 24.1. The number of morpholine rings is 1. The van der Waals surface area contributed by atoms with Crippen molar-refractivity contribution in [1.82, 2.24) is 20.0 Å². The second kappa shape index (κ2) is 9.07. The van der Waals surface area contributed by atoms with Gasteiger partial charge in [0.25, 0.3) is 0 Å². The van der Waals surface area contributed by atoms with Gasteiger partial charge in [0.2, 0.25) is 0 Å². The Labute approximate surface area is 166 Å². The van der Waals surface area contributed by atoms with Crippen LogP contribution in [0.3, 0.4) is 0 Å². The number of fused-ring (bicyclic) bond motifs is 1. The average molecular weight is 391 g/mol. The molecule has 3 fully saturated rings. The summed E-state index contributed by atoms with van der Waals surface area (Å²) in [6, 6.07) is 7.07. The molecule has 0 bridgehead atoms. The summed E-state index contributed by atoms with van der Waals surface area (Å²) in [6.07, 6.45) is 0. The third-order valence-corrected chi connectivity index (χ3v) is 5.99. The number of piperazine rings is 2. The van der Waals surface area contributed by atoms with E-state index in [1.54, 1.807) is 0 Å². The van der Waals surface area contributed by atoms with E-state index < -0.39 is 0 Å². The van der Waals surface area contributed by atoms with Crippen molar-refractivity contribution in [2.45, 2.75) is 6.04 Å². The summed E-state index contributed by atoms with van der Waals surface area (Å²) >= 11 is 0. The molecule has 0 saturated carbocycles. The minimum atomic E-state index is -0.199. The van der Waals surface area contributed by atoms with Crippen LogP contribution in [0.5, 0.6) is 0 Å². The molecule has 154 valence electrons. The first kappa shape index (κ1) is 19.4. The van der Waals surface area contributed by atoms with Gasteiger partial charge in [0.15, 0.2) is 0 Å². The summed E-state index contributed by atoms with van der Waals surface area (Å²) in [5.41, 5.74) is 1.07. The van der Waals surface area contributed by atoms with Crippen LogP contribution < -0.4 is 10.2 Å². The fraction of sp³-hybridized carbons (Fsp3) is 0.650. The van der Waals surface area contributed by atoms with E-state index in [1.165, 1.54) is 12.1 Å². The van der Waals surface area contributed by atoms with E-state index >= 15 is 0 Å². The fourth-order valence-corrected chi connectivity index (χ4v) is 4.25. The lowest BCUT2D eigenvalue weighted by Crippen LogP contribution is -2.60. The van der Waals surface area contributed by atoms with Crippen LogP contribution in [-0.4, -0.2) is 105 Å². The third kappa shape index (κ3) is 4.74. The number of halogens is 1. The van der Waals surface area contributed by atoms with Crippen molar-refractivity contribution in [2.24, 2.45) is 0 Å². The van der Waals surface area contributed by atoms with Crippen molar-refractivity contribution in [2.75, 3.05) is 83.6 Å². The van der Waals surface area contributed by atoms with Crippen LogP contribution in [-0.2, 0) is 4.74 Å². The molecule has 1 unspecified atom stereocenters. The van der Waals surface area contributed by atoms with Crippen LogP contribution in [0.4, 0.5) is 14.9 Å². The molecule has 2 amide bonds. The molecule has 1 aromatic carbocycles. The summed E-state index contributed by atoms with van der Waals surface area (Å²) in [6.45, 7) is 10.2. The second-order valence-electron chi connectivity index (χ2n) is 7.75. The number of carbonyl (C=O) groups excluding carboxylic acids is 1. The quantitative estimate of drug-likeness (QED) is 0.818. The number of nitrogens with one attached hydrogen (secondary N) is 1. The van der Waals surface area contributed by atoms with E-state index in [1.807, 2.05) is 17.0 Å². The molecule has 28 heavy (non-hydrogen) atoms. The number of benzene rings is 1. The maximum Gasteiger partial charge on any atom is 0.317 e. The largest absolute Gasteiger partial charge is 0.378 e. The van der Waals surface area contributed by atoms with Crippen molar-refractivity contribution < 1.29 is 13.9 Å². The van der Waals surface area contributed by atoms with Gasteiger partial charge in [0.1, 0.15) is 5.82 Å². The lowest BCUT2D eigenvalue weighted by Gasteiger charge is -2.43. The number of amides is 2. The topological polar surface area (TPSA) is 51.3 Å². The lowest BCUT2D eigenvalue weighted by molar-refractivity contribution is -0.0365. The van der Waals surface area contributed by atoms with Crippen molar-refractivity contribution >= 4 is 11.7 Å². The van der Waals surface area contributed by atoms with Gasteiger partial charge in [0.05, 0.1) is 19.3 Å². The van der Waals surface area contributed by atoms with Crippen molar-refractivity contribution in [3.63, 3.8) is 0 Å². The van der Waals surface area contributed by atoms with E-state index in [4.69, 9.17) is 4.74 Å². The highest BCUT2D eigenvalue weighted by molar-refractivity contribution is 5.74. The van der Waals surface area contributed by atoms with Gasteiger partial charge in [-0.1, -0.05) is 0 Å². The Morgan fingerprint density at radius 3 is 2.64 bits per heavy atom. The van der Waals surface area contributed by atoms with Gasteiger partial charge >= 0.3 is 6.03 Å². The molecule has 3 heterocycles. The predicted molar refractivity (Wildman–Crippen MR) is 106 cm³/mol. The molecular formula is C20H30FN5O2. The molecule has 3 saturated heterocycles. The highest BCUT2D eigenvalue weighted by Crippen LogP contribution is 2.17. The van der Waals surface area contributed by atoms with E-state index in [0.29, 0.717) is 12.6 Å². The van der Waals surface area contributed by atoms with Gasteiger partial charge in [-0.15, -0.1) is 0 Å². The predicted octanol–water partition coefficient (Wildman–Crippen LogP) is 0.674. The first-order valence-corrected chi connectivity index (χ1v) is 10.3. The highest BCUT2D eigenvalue weighted by Gasteiger charge is 2.31. The Morgan fingerprint density at radius 2 is 1.86 bits per heavy atom. The molecular weight excluding hydrogens is 361 g/mol. The first-order valence-electron chi connectivity index (χ1n) is 10.3. The van der Waals surface area contributed by atoms with Crippen LogP contribution in [0.25, 0.3) is 0 Å². The van der Waals surface area contributed by atoms with E-state index in [0.717, 1.165) is 77.8 Å². The number of urea groups is 1. The van der Waals surface area contributed by atoms with Gasteiger partial charge < -0.3 is 19.9 Å². The Bertz CT molecular complexity index is 651. The van der Waals surface area contributed by atoms with E-state index in [9.17, 15) is 9.18 Å². The number of hydrogen-bond acceptors (Lipinski definition) is 5. The monoisotopic (exact) mass is 391 g/mol. The fourth-order valence-electron chi connectivity index (χ4n) is 4.25. The number of hydrogen-bond donors (Lipinski definition) is 1. The zero-order valence-corrected chi connectivity index (χ0v) is 16.4. The standard InChI is InChI=1S/C20H30FN5O2/c21-17-1-3-18(4-2-17)24-9-7-23(8-10-24)6-5-22-20(27)26-12-11-25-13-14-28-16-19(25)15-26/h1-4,19H,5-16H2,(H,22,27). The highest BCUT2D eigenvalue weighted by atomic mass is 19.1. The molecule has 7 nitrogen and oxygen atoms in total. The molecule has 0 aromatic heterocycles. The van der Waals surface area contributed by atoms with Gasteiger partial charge in [0, 0.05) is 71.1 Å². The molecule has 4 rings (SSSR count). The number of rotatable bonds is 4. The Kier molecular flexibility index (Phi) is 6.29. The van der Waals surface area contributed by atoms with Gasteiger partial charge in [-0.25, -0.2) is 9.18 Å². The first-order chi connectivity index (χ1) is 13.7. The van der Waals surface area contributed by atoms with E-state index in [2.05, 4.69) is 20.0 Å². The zero-order chi connectivity index (χ0) is 19.3. The number of carbonyl (C=O) groups is 1. The van der Waals surface area contributed by atoms with Crippen LogP contribution in [0.15, 0.2) is 24.3 Å². The average Bonchev–Trinajstić information content (AvgIpc) is 2.74. The summed E-state index contributed by atoms with van der Waals surface area (Å²) in [5, 5.41) is 3.08. The molecule has 0 radical (unpaired) electrons. The van der Waals surface area contributed by atoms with Crippen LogP contribution in [0.2, 0.25) is 0 Å². The van der Waals surface area contributed by atoms with Gasteiger partial charge in [-0.05, 0) is 24.3 Å². The summed E-state index contributed by atoms with van der Waals surface area (Å²) in [5.74, 6) is -0.199. The molecule has 8 heteroatoms. The molecule has 1 N–H and O–H groups in total. The number of anilines is 1. The molecule has 3 aliphatic heterocycles. The summed E-state index contributed by atoms with van der Waals surface area (Å²) < 4.78 is 18.6. The summed E-state index contributed by atoms with van der Waals surface area (Å²) in [7, 11) is 0. The lowest BCUT2D eigenvalue weighted by atomic mass is 10.1. The SMILES string of the molecule is O=C(NCCN1CCN(c2ccc(F)cc2)CC1)N1CCN2CCOCC2C1. The van der Waals surface area contributed by atoms with Gasteiger partial charge in [-0.2, -0.15) is 0 Å². The smallest absolute Gasteiger partial charge is 0.317 e. The Morgan fingerprint density at radius 1 is 1.07 bits per heavy atom. The van der Waals surface area contributed by atoms with Crippen LogP contribution >= 0.6 is 0 Å². The van der Waals surface area contributed by atoms with Crippen LogP contribution in [0, 0.1) is 5.82 Å². The molecule has 1 atom stereocenters. The number of ether oxygens (including phenoxy) is 1. The second-order valence-corrected chi connectivity index (χ2v) is 7.75. The number of nitrogens with zero attached hydrogens (tertiary/aromatic N) is 4. The molecule has 1 aromatic rings. The maximum atomic E-state index is 13.1. The molecule has 0 spiro atoms. The molecule has 3 aliphatic rings. The van der Waals surface area contributed by atoms with Crippen molar-refractivity contribution in [1.29, 1.82) is 0 Å². The van der Waals surface area contributed by atoms with Crippen LogP contribution in [0.1, 0.15) is 0 Å². The summed E-state index contributed by atoms with van der Waals surface area (Å²) in [4.78, 5) is 21.5. The minimum absolute atomic E-state index is 0.0372. The maximum absolute atomic E-state index is 13.1. The van der Waals surface area contributed by atoms with Crippen molar-refractivity contribution in [3.05, 3.63) is 30.1 Å². The Hall–Kier alpha value is -1.90. The molecule has 0 aliphatic carbocycles. The third-order valence-electron chi connectivity index (χ3n) is 5.99. The van der Waals surface area contributed by atoms with Crippen molar-refractivity contribution in [3.8, 4) is 0 Å². The van der Waals surface area contributed by atoms with Gasteiger partial charge in [-0.3, -0.25) is 9.80 Å². The van der Waals surface area contributed by atoms with E-state index in [-0.39, 0.29) is 11.8 Å². The zero-order valence-electron chi connectivity index (χ0n) is 16.4. The minimum Gasteiger partial charge on any atom is -0.378 e.